The molecule has 0 aromatic heterocycles. The van der Waals surface area contributed by atoms with Crippen molar-refractivity contribution < 1.29 is 19.9 Å². The number of hydrogen-bond donors (Lipinski definition) is 3. The van der Waals surface area contributed by atoms with Crippen LogP contribution in [0.5, 0.6) is 11.5 Å². The zero-order valence-electron chi connectivity index (χ0n) is 7.72. The first-order chi connectivity index (χ1) is 6.91. The number of benzene rings is 1. The first kappa shape index (κ1) is 10.8. The highest BCUT2D eigenvalue weighted by Crippen LogP contribution is 2.35. The molecule has 3 N–H and O–H groups in total. The van der Waals surface area contributed by atoms with Crippen molar-refractivity contribution in [1.82, 2.24) is 0 Å². The third kappa shape index (κ3) is 2.33. The van der Waals surface area contributed by atoms with Gasteiger partial charge >= 0.3 is 5.69 Å². The Morgan fingerprint density at radius 1 is 1.40 bits per heavy atom. The smallest absolute Gasteiger partial charge is 0.314 e. The van der Waals surface area contributed by atoms with Crippen LogP contribution in [0.2, 0.25) is 0 Å². The van der Waals surface area contributed by atoms with E-state index < -0.39 is 28.0 Å². The van der Waals surface area contributed by atoms with Crippen LogP contribution in [0.3, 0.4) is 0 Å². The second-order valence-electron chi connectivity index (χ2n) is 2.80. The first-order valence-corrected chi connectivity index (χ1v) is 3.89. The molecule has 0 aliphatic heterocycles. The lowest BCUT2D eigenvalue weighted by Crippen LogP contribution is -2.06. The maximum atomic E-state index is 10.7. The number of hydrogen-bond acceptors (Lipinski definition) is 5. The Morgan fingerprint density at radius 2 is 2.00 bits per heavy atom. The molecule has 1 amide bonds. The molecule has 0 aliphatic rings. The van der Waals surface area contributed by atoms with Crippen molar-refractivity contribution in [1.29, 1.82) is 0 Å². The molecule has 0 heterocycles. The van der Waals surface area contributed by atoms with Gasteiger partial charge in [0.1, 0.15) is 5.75 Å². The van der Waals surface area contributed by atoms with Gasteiger partial charge in [-0.3, -0.25) is 14.9 Å². The van der Waals surface area contributed by atoms with E-state index in [0.29, 0.717) is 0 Å². The Labute approximate surface area is 84.1 Å². The van der Waals surface area contributed by atoms with E-state index >= 15 is 0 Å². The topological polar surface area (TPSA) is 113 Å². The van der Waals surface area contributed by atoms with E-state index in [1.165, 1.54) is 6.92 Å². The van der Waals surface area contributed by atoms with Crippen molar-refractivity contribution >= 4 is 17.3 Å². The second-order valence-corrected chi connectivity index (χ2v) is 2.80. The third-order valence-electron chi connectivity index (χ3n) is 1.60. The highest BCUT2D eigenvalue weighted by molar-refractivity contribution is 5.91. The van der Waals surface area contributed by atoms with Gasteiger partial charge in [0.15, 0.2) is 5.75 Å². The number of amides is 1. The fraction of sp³-hybridized carbons (Fsp3) is 0.125. The van der Waals surface area contributed by atoms with E-state index in [4.69, 9.17) is 0 Å². The maximum absolute atomic E-state index is 10.7. The molecule has 1 rings (SSSR count). The number of aromatic hydroxyl groups is 2. The third-order valence-corrected chi connectivity index (χ3v) is 1.60. The first-order valence-electron chi connectivity index (χ1n) is 3.89. The molecule has 7 heteroatoms. The largest absolute Gasteiger partial charge is 0.506 e. The molecule has 0 unspecified atom stereocenters. The van der Waals surface area contributed by atoms with Crippen molar-refractivity contribution in [3.05, 3.63) is 22.2 Å². The fourth-order valence-corrected chi connectivity index (χ4v) is 1.00. The number of rotatable bonds is 2. The highest BCUT2D eigenvalue weighted by Gasteiger charge is 2.17. The molecular weight excluding hydrogens is 204 g/mol. The summed E-state index contributed by atoms with van der Waals surface area (Å²) in [6.07, 6.45) is 0. The molecule has 0 aliphatic carbocycles. The summed E-state index contributed by atoms with van der Waals surface area (Å²) in [5, 5.41) is 31.0. The Hall–Kier alpha value is -2.31. The summed E-state index contributed by atoms with van der Waals surface area (Å²) in [5.74, 6) is -1.56. The van der Waals surface area contributed by atoms with Gasteiger partial charge in [-0.15, -0.1) is 0 Å². The summed E-state index contributed by atoms with van der Waals surface area (Å²) < 4.78 is 0. The van der Waals surface area contributed by atoms with Crippen LogP contribution in [0.15, 0.2) is 12.1 Å². The molecule has 0 radical (unpaired) electrons. The van der Waals surface area contributed by atoms with Crippen LogP contribution < -0.4 is 5.32 Å². The van der Waals surface area contributed by atoms with Crippen molar-refractivity contribution in [2.75, 3.05) is 5.32 Å². The van der Waals surface area contributed by atoms with E-state index in [0.717, 1.165) is 12.1 Å². The molecule has 0 saturated heterocycles. The summed E-state index contributed by atoms with van der Waals surface area (Å²) in [4.78, 5) is 20.2. The lowest BCUT2D eigenvalue weighted by Gasteiger charge is -2.05. The van der Waals surface area contributed by atoms with Crippen LogP contribution in [-0.2, 0) is 4.79 Å². The number of nitrogens with one attached hydrogen (secondary N) is 1. The Morgan fingerprint density at radius 3 is 2.47 bits per heavy atom. The number of carbonyl (C=O) groups is 1. The van der Waals surface area contributed by atoms with E-state index in [1.54, 1.807) is 0 Å². The molecule has 0 atom stereocenters. The van der Waals surface area contributed by atoms with Gasteiger partial charge in [-0.25, -0.2) is 0 Å². The minimum atomic E-state index is -0.841. The Balaban J connectivity index is 3.19. The number of nitrogens with zero attached hydrogens (tertiary/aromatic N) is 1. The van der Waals surface area contributed by atoms with E-state index in [-0.39, 0.29) is 5.69 Å². The maximum Gasteiger partial charge on any atom is 0.314 e. The molecule has 1 aromatic rings. The van der Waals surface area contributed by atoms with Crippen LogP contribution in [0.4, 0.5) is 11.4 Å². The van der Waals surface area contributed by atoms with Gasteiger partial charge < -0.3 is 15.5 Å². The molecular formula is C8H8N2O5. The van der Waals surface area contributed by atoms with Gasteiger partial charge in [-0.2, -0.15) is 0 Å². The van der Waals surface area contributed by atoms with Crippen molar-refractivity contribution in [2.45, 2.75) is 6.92 Å². The van der Waals surface area contributed by atoms with Crippen molar-refractivity contribution in [3.8, 4) is 11.5 Å². The average Bonchev–Trinajstić information content (AvgIpc) is 2.09. The summed E-state index contributed by atoms with van der Waals surface area (Å²) in [5.41, 5.74) is -0.702. The number of nitro groups is 1. The number of anilines is 1. The standard InChI is InChI=1S/C8H8N2O5/c1-4(11)9-5-2-8(13)6(10(14)15)3-7(5)12/h2-3,12-13H,1H3,(H,9,11). The lowest BCUT2D eigenvalue weighted by atomic mass is 10.2. The number of phenolic OH excluding ortho intramolecular Hbond substituents is 2. The minimum absolute atomic E-state index is 0.0781. The monoisotopic (exact) mass is 212 g/mol. The SMILES string of the molecule is CC(=O)Nc1cc(O)c([N+](=O)[O-])cc1O. The Kier molecular flexibility index (Phi) is 2.75. The van der Waals surface area contributed by atoms with Crippen LogP contribution in [0.25, 0.3) is 0 Å². The normalized spacial score (nSPS) is 9.67. The molecule has 15 heavy (non-hydrogen) atoms. The van der Waals surface area contributed by atoms with Crippen LogP contribution in [0.1, 0.15) is 6.92 Å². The summed E-state index contributed by atoms with van der Waals surface area (Å²) in [6.45, 7) is 1.21. The van der Waals surface area contributed by atoms with Crippen molar-refractivity contribution in [3.63, 3.8) is 0 Å². The van der Waals surface area contributed by atoms with E-state index in [2.05, 4.69) is 5.32 Å². The van der Waals surface area contributed by atoms with Crippen LogP contribution in [0, 0.1) is 10.1 Å². The van der Waals surface area contributed by atoms with Gasteiger partial charge in [0.05, 0.1) is 16.7 Å². The molecule has 0 fully saturated rings. The second kappa shape index (κ2) is 3.82. The van der Waals surface area contributed by atoms with E-state index in [1.807, 2.05) is 0 Å². The molecule has 7 nitrogen and oxygen atoms in total. The molecule has 1 aromatic carbocycles. The average molecular weight is 212 g/mol. The summed E-state index contributed by atoms with van der Waals surface area (Å²) in [6, 6.07) is 1.68. The van der Waals surface area contributed by atoms with Gasteiger partial charge in [0, 0.05) is 13.0 Å². The van der Waals surface area contributed by atoms with Crippen LogP contribution >= 0.6 is 0 Å². The Bertz CT molecular complexity index is 429. The number of nitro benzene ring substituents is 1. The van der Waals surface area contributed by atoms with Gasteiger partial charge in [0.2, 0.25) is 5.91 Å². The van der Waals surface area contributed by atoms with Gasteiger partial charge in [-0.1, -0.05) is 0 Å². The van der Waals surface area contributed by atoms with Crippen molar-refractivity contribution in [2.24, 2.45) is 0 Å². The fourth-order valence-electron chi connectivity index (χ4n) is 1.00. The molecule has 0 saturated carbocycles. The lowest BCUT2D eigenvalue weighted by molar-refractivity contribution is -0.385. The summed E-state index contributed by atoms with van der Waals surface area (Å²) >= 11 is 0. The van der Waals surface area contributed by atoms with Gasteiger partial charge in [0.25, 0.3) is 0 Å². The summed E-state index contributed by atoms with van der Waals surface area (Å²) in [7, 11) is 0. The zero-order valence-corrected chi connectivity index (χ0v) is 7.72. The quantitative estimate of drug-likeness (QED) is 0.292. The number of carbonyl (C=O) groups excluding carboxylic acids is 1. The van der Waals surface area contributed by atoms with Crippen LogP contribution in [-0.4, -0.2) is 21.0 Å². The van der Waals surface area contributed by atoms with Gasteiger partial charge in [-0.05, 0) is 0 Å². The minimum Gasteiger partial charge on any atom is -0.506 e. The predicted molar refractivity (Wildman–Crippen MR) is 50.7 cm³/mol. The molecule has 0 bridgehead atoms. The molecule has 80 valence electrons. The molecule has 0 spiro atoms. The predicted octanol–water partition coefficient (Wildman–Crippen LogP) is 0.964. The van der Waals surface area contributed by atoms with E-state index in [9.17, 15) is 25.1 Å². The zero-order chi connectivity index (χ0) is 11.6. The number of phenols is 2. The highest BCUT2D eigenvalue weighted by atomic mass is 16.6.